The summed E-state index contributed by atoms with van der Waals surface area (Å²) in [6, 6.07) is 6.37. The highest BCUT2D eigenvalue weighted by molar-refractivity contribution is 6.02. The van der Waals surface area contributed by atoms with Crippen molar-refractivity contribution in [2.45, 2.75) is 125 Å². The zero-order chi connectivity index (χ0) is 32.1. The van der Waals surface area contributed by atoms with Gasteiger partial charge in [-0.05, 0) is 117 Å². The van der Waals surface area contributed by atoms with Crippen LogP contribution in [0, 0.1) is 46.3 Å². The van der Waals surface area contributed by atoms with Crippen LogP contribution in [-0.2, 0) is 9.47 Å². The summed E-state index contributed by atoms with van der Waals surface area (Å²) in [6.07, 6.45) is 15.9. The molecule has 0 bridgehead atoms. The van der Waals surface area contributed by atoms with Gasteiger partial charge in [0.25, 0.3) is 0 Å². The number of aromatic carboxylic acids is 1. The van der Waals surface area contributed by atoms with E-state index in [0.717, 1.165) is 68.0 Å². The number of allylic oxidation sites excluding steroid dienone is 1. The van der Waals surface area contributed by atoms with E-state index in [1.54, 1.807) is 18.2 Å². The summed E-state index contributed by atoms with van der Waals surface area (Å²) in [4.78, 5) is 24.5. The number of carbonyl (C=O) groups excluding carboxylic acids is 1. The third-order valence-corrected chi connectivity index (χ3v) is 12.3. The van der Waals surface area contributed by atoms with Crippen molar-refractivity contribution in [1.82, 2.24) is 0 Å². The monoisotopic (exact) mass is 608 g/mol. The van der Waals surface area contributed by atoms with Gasteiger partial charge in [-0.25, -0.2) is 9.59 Å². The number of benzene rings is 1. The van der Waals surface area contributed by atoms with Crippen molar-refractivity contribution in [2.75, 3.05) is 13.2 Å². The van der Waals surface area contributed by atoms with Gasteiger partial charge < -0.3 is 14.6 Å². The van der Waals surface area contributed by atoms with E-state index in [1.807, 2.05) is 13.8 Å². The molecule has 44 heavy (non-hydrogen) atoms. The third kappa shape index (κ3) is 7.29. The molecule has 0 spiro atoms. The minimum Gasteiger partial charge on any atom is -0.478 e. The highest BCUT2D eigenvalue weighted by Crippen LogP contribution is 2.67. The van der Waals surface area contributed by atoms with E-state index >= 15 is 0 Å². The Labute approximate surface area is 267 Å². The number of rotatable bonds is 10. The van der Waals surface area contributed by atoms with Gasteiger partial charge in [-0.15, -0.1) is 0 Å². The molecule has 1 aromatic rings. The number of carboxylic acid groups (broad SMARTS) is 1. The molecular formula is C39H60O5. The Kier molecular flexibility index (Phi) is 11.8. The van der Waals surface area contributed by atoms with Crippen LogP contribution in [0.1, 0.15) is 140 Å². The summed E-state index contributed by atoms with van der Waals surface area (Å²) in [5.41, 5.74) is 2.34. The largest absolute Gasteiger partial charge is 0.478 e. The van der Waals surface area contributed by atoms with Crippen LogP contribution >= 0.6 is 0 Å². The van der Waals surface area contributed by atoms with Crippen LogP contribution in [0.15, 0.2) is 35.9 Å². The predicted molar refractivity (Wildman–Crippen MR) is 178 cm³/mol. The van der Waals surface area contributed by atoms with Crippen molar-refractivity contribution in [3.8, 4) is 0 Å². The summed E-state index contributed by atoms with van der Waals surface area (Å²) in [6.45, 7) is 18.1. The maximum absolute atomic E-state index is 12.9. The standard InChI is InChI=1S/C35H50O4.C4H10O/c1-22(2)9-8-10-23(3)29-15-16-30-28-14-13-24-21-25(17-19-34(24,4)31(28)18-20-35(29,30)5)39-33(38)27-12-7-6-11-26(27)32(36)37;1-3-5-4-2/h6-7,11-13,22-23,25,28-31H,8-10,14-21H2,1-5H3,(H,36,37);3-4H2,1-2H3/t23-,25+,28+,29-,30+,31+,34+,35-;/m1./s1. The fourth-order valence-corrected chi connectivity index (χ4v) is 10.0. The molecule has 5 nitrogen and oxygen atoms in total. The number of esters is 1. The van der Waals surface area contributed by atoms with Crippen molar-refractivity contribution < 1.29 is 24.2 Å². The first kappa shape index (κ1) is 34.7. The average Bonchev–Trinajstić information content (AvgIpc) is 3.35. The lowest BCUT2D eigenvalue weighted by molar-refractivity contribution is -0.0594. The Balaban J connectivity index is 0.000000818. The minimum absolute atomic E-state index is 0.0113. The smallest absolute Gasteiger partial charge is 0.339 e. The highest BCUT2D eigenvalue weighted by Gasteiger charge is 2.59. The average molecular weight is 609 g/mol. The molecule has 5 heteroatoms. The number of carboxylic acids is 1. The molecule has 4 aliphatic rings. The van der Waals surface area contributed by atoms with Gasteiger partial charge >= 0.3 is 11.9 Å². The van der Waals surface area contributed by atoms with Gasteiger partial charge in [0.2, 0.25) is 0 Å². The molecule has 0 aliphatic heterocycles. The first-order valence-electron chi connectivity index (χ1n) is 17.8. The number of hydrogen-bond donors (Lipinski definition) is 1. The van der Waals surface area contributed by atoms with Gasteiger partial charge in [-0.1, -0.05) is 77.7 Å². The van der Waals surface area contributed by atoms with Gasteiger partial charge in [-0.3, -0.25) is 0 Å². The molecule has 1 aromatic carbocycles. The molecule has 0 radical (unpaired) electrons. The molecular weight excluding hydrogens is 548 g/mol. The van der Waals surface area contributed by atoms with Crippen molar-refractivity contribution in [3.05, 3.63) is 47.0 Å². The molecule has 5 rings (SSSR count). The molecule has 1 N–H and O–H groups in total. The Morgan fingerprint density at radius 3 is 2.27 bits per heavy atom. The second kappa shape index (κ2) is 15.0. The van der Waals surface area contributed by atoms with E-state index in [1.165, 1.54) is 63.0 Å². The molecule has 0 aromatic heterocycles. The second-order valence-electron chi connectivity index (χ2n) is 15.2. The Bertz CT molecular complexity index is 1150. The van der Waals surface area contributed by atoms with Gasteiger partial charge in [0.15, 0.2) is 0 Å². The lowest BCUT2D eigenvalue weighted by Gasteiger charge is -2.58. The lowest BCUT2D eigenvalue weighted by atomic mass is 9.47. The van der Waals surface area contributed by atoms with Crippen LogP contribution in [0.25, 0.3) is 0 Å². The van der Waals surface area contributed by atoms with E-state index in [9.17, 15) is 14.7 Å². The van der Waals surface area contributed by atoms with Gasteiger partial charge in [-0.2, -0.15) is 0 Å². The minimum atomic E-state index is -1.09. The van der Waals surface area contributed by atoms with Crippen LogP contribution in [0.2, 0.25) is 0 Å². The van der Waals surface area contributed by atoms with E-state index in [2.05, 4.69) is 40.7 Å². The normalized spacial score (nSPS) is 33.2. The van der Waals surface area contributed by atoms with Gasteiger partial charge in [0, 0.05) is 19.6 Å². The SMILES string of the molecule is CC(C)CCC[C@@H](C)[C@H]1CC[C@H]2[C@@H]3CC=C4C[C@@H](OC(=O)c5ccccc5C(=O)O)CC[C@]4(C)[C@H]3CC[C@]12C.CCOCC. The Morgan fingerprint density at radius 2 is 1.64 bits per heavy atom. The maximum atomic E-state index is 12.9. The fourth-order valence-electron chi connectivity index (χ4n) is 10.0. The Hall–Kier alpha value is -2.14. The summed E-state index contributed by atoms with van der Waals surface area (Å²) in [5.74, 6) is 3.26. The first-order chi connectivity index (χ1) is 21.0. The molecule has 0 saturated heterocycles. The van der Waals surface area contributed by atoms with Crippen LogP contribution in [0.4, 0.5) is 0 Å². The number of carbonyl (C=O) groups is 2. The molecule has 0 heterocycles. The van der Waals surface area contributed by atoms with Crippen LogP contribution in [-0.4, -0.2) is 36.4 Å². The quantitative estimate of drug-likeness (QED) is 0.211. The van der Waals surface area contributed by atoms with Crippen LogP contribution in [0.5, 0.6) is 0 Å². The second-order valence-corrected chi connectivity index (χ2v) is 15.2. The molecule has 8 atom stereocenters. The van der Waals surface area contributed by atoms with Crippen molar-refractivity contribution in [3.63, 3.8) is 0 Å². The topological polar surface area (TPSA) is 72.8 Å². The molecule has 3 saturated carbocycles. The molecule has 4 aliphatic carbocycles. The molecule has 0 unspecified atom stereocenters. The zero-order valence-corrected chi connectivity index (χ0v) is 28.7. The van der Waals surface area contributed by atoms with E-state index in [4.69, 9.17) is 9.47 Å². The van der Waals surface area contributed by atoms with Gasteiger partial charge in [0.05, 0.1) is 11.1 Å². The van der Waals surface area contributed by atoms with Crippen LogP contribution < -0.4 is 0 Å². The zero-order valence-electron chi connectivity index (χ0n) is 28.7. The number of ether oxygens (including phenoxy) is 2. The third-order valence-electron chi connectivity index (χ3n) is 12.3. The summed E-state index contributed by atoms with van der Waals surface area (Å²) in [7, 11) is 0. The summed E-state index contributed by atoms with van der Waals surface area (Å²) in [5, 5.41) is 9.49. The van der Waals surface area contributed by atoms with Crippen molar-refractivity contribution in [1.29, 1.82) is 0 Å². The van der Waals surface area contributed by atoms with E-state index < -0.39 is 11.9 Å². The summed E-state index contributed by atoms with van der Waals surface area (Å²) < 4.78 is 10.8. The fraction of sp³-hybridized carbons (Fsp3) is 0.744. The number of fused-ring (bicyclic) bond motifs is 5. The van der Waals surface area contributed by atoms with E-state index in [0.29, 0.717) is 5.41 Å². The maximum Gasteiger partial charge on any atom is 0.339 e. The molecule has 0 amide bonds. The molecule has 246 valence electrons. The van der Waals surface area contributed by atoms with Crippen molar-refractivity contribution in [2.24, 2.45) is 46.3 Å². The van der Waals surface area contributed by atoms with Gasteiger partial charge in [0.1, 0.15) is 6.10 Å². The number of hydrogen-bond acceptors (Lipinski definition) is 4. The highest BCUT2D eigenvalue weighted by atomic mass is 16.5. The first-order valence-corrected chi connectivity index (χ1v) is 17.8. The summed E-state index contributed by atoms with van der Waals surface area (Å²) >= 11 is 0. The lowest BCUT2D eigenvalue weighted by Crippen LogP contribution is -2.51. The predicted octanol–water partition coefficient (Wildman–Crippen LogP) is 9.99. The van der Waals surface area contributed by atoms with Crippen molar-refractivity contribution >= 4 is 11.9 Å². The van der Waals surface area contributed by atoms with E-state index in [-0.39, 0.29) is 22.6 Å². The molecule has 3 fully saturated rings. The Morgan fingerprint density at radius 1 is 0.932 bits per heavy atom. The van der Waals surface area contributed by atoms with Crippen LogP contribution in [0.3, 0.4) is 0 Å².